The molecule has 0 bridgehead atoms. The Morgan fingerprint density at radius 2 is 2.09 bits per heavy atom. The Kier molecular flexibility index (Phi) is 2.45. The molecule has 2 fully saturated rings. The molecular formula is C8H15ClFN. The van der Waals surface area contributed by atoms with Gasteiger partial charge in [-0.25, -0.2) is 4.39 Å². The molecule has 1 N–H and O–H groups in total. The van der Waals surface area contributed by atoms with Crippen molar-refractivity contribution in [3.8, 4) is 0 Å². The predicted molar refractivity (Wildman–Crippen MR) is 45.9 cm³/mol. The van der Waals surface area contributed by atoms with Crippen LogP contribution >= 0.6 is 12.4 Å². The van der Waals surface area contributed by atoms with Crippen LogP contribution in [0, 0.1) is 5.92 Å². The summed E-state index contributed by atoms with van der Waals surface area (Å²) in [6.07, 6.45) is 2.75. The summed E-state index contributed by atoms with van der Waals surface area (Å²) in [7, 11) is 0. The van der Waals surface area contributed by atoms with Crippen molar-refractivity contribution in [1.29, 1.82) is 0 Å². The molecule has 0 aromatic carbocycles. The van der Waals surface area contributed by atoms with E-state index in [1.807, 2.05) is 0 Å². The Hall–Kier alpha value is 0.180. The molecule has 1 saturated carbocycles. The minimum absolute atomic E-state index is 0. The highest BCUT2D eigenvalue weighted by atomic mass is 35.5. The molecule has 1 heterocycles. The fourth-order valence-electron chi connectivity index (χ4n) is 1.98. The third-order valence-electron chi connectivity index (χ3n) is 2.85. The van der Waals surface area contributed by atoms with Gasteiger partial charge < -0.3 is 5.32 Å². The molecule has 0 radical (unpaired) electrons. The Morgan fingerprint density at radius 3 is 2.45 bits per heavy atom. The molecule has 1 aliphatic carbocycles. The topological polar surface area (TPSA) is 12.0 Å². The zero-order valence-corrected chi connectivity index (χ0v) is 7.59. The van der Waals surface area contributed by atoms with E-state index in [2.05, 4.69) is 12.2 Å². The fourth-order valence-corrected chi connectivity index (χ4v) is 1.98. The lowest BCUT2D eigenvalue weighted by Gasteiger charge is -2.23. The number of hydrogen-bond acceptors (Lipinski definition) is 1. The molecule has 3 heteroatoms. The molecule has 2 unspecified atom stereocenters. The van der Waals surface area contributed by atoms with Gasteiger partial charge >= 0.3 is 0 Å². The van der Waals surface area contributed by atoms with Crippen molar-refractivity contribution in [2.45, 2.75) is 37.9 Å². The number of alkyl halides is 1. The van der Waals surface area contributed by atoms with Gasteiger partial charge in [-0.05, 0) is 32.1 Å². The van der Waals surface area contributed by atoms with Crippen molar-refractivity contribution >= 4 is 12.4 Å². The first-order chi connectivity index (χ1) is 4.71. The van der Waals surface area contributed by atoms with E-state index in [4.69, 9.17) is 0 Å². The van der Waals surface area contributed by atoms with E-state index >= 15 is 0 Å². The van der Waals surface area contributed by atoms with E-state index in [9.17, 15) is 4.39 Å². The van der Waals surface area contributed by atoms with E-state index in [-0.39, 0.29) is 17.9 Å². The van der Waals surface area contributed by atoms with Crippen molar-refractivity contribution in [3.05, 3.63) is 0 Å². The van der Waals surface area contributed by atoms with Gasteiger partial charge in [-0.1, -0.05) is 0 Å². The van der Waals surface area contributed by atoms with Crippen molar-refractivity contribution in [3.63, 3.8) is 0 Å². The van der Waals surface area contributed by atoms with Crippen LogP contribution in [0.2, 0.25) is 0 Å². The second-order valence-electron chi connectivity index (χ2n) is 3.87. The lowest BCUT2D eigenvalue weighted by Crippen LogP contribution is -2.38. The van der Waals surface area contributed by atoms with Crippen LogP contribution in [0.3, 0.4) is 0 Å². The molecule has 1 nitrogen and oxygen atoms in total. The van der Waals surface area contributed by atoms with E-state index in [1.54, 1.807) is 0 Å². The van der Waals surface area contributed by atoms with Crippen LogP contribution in [0.5, 0.6) is 0 Å². The summed E-state index contributed by atoms with van der Waals surface area (Å²) in [5, 5.41) is 3.27. The zero-order chi connectivity index (χ0) is 7.19. The maximum atomic E-state index is 12.7. The maximum absolute atomic E-state index is 12.7. The van der Waals surface area contributed by atoms with Gasteiger partial charge in [0.15, 0.2) is 0 Å². The van der Waals surface area contributed by atoms with Gasteiger partial charge in [0.05, 0.1) is 0 Å². The van der Waals surface area contributed by atoms with Crippen molar-refractivity contribution in [1.82, 2.24) is 5.32 Å². The predicted octanol–water partition coefficient (Wildman–Crippen LogP) is 1.91. The van der Waals surface area contributed by atoms with Crippen molar-refractivity contribution in [2.24, 2.45) is 5.92 Å². The average molecular weight is 180 g/mol. The van der Waals surface area contributed by atoms with Gasteiger partial charge in [0.25, 0.3) is 0 Å². The van der Waals surface area contributed by atoms with Crippen LogP contribution in [0.4, 0.5) is 4.39 Å². The number of hydrogen-bond donors (Lipinski definition) is 1. The van der Waals surface area contributed by atoms with Gasteiger partial charge in [-0.3, -0.25) is 0 Å². The normalized spacial score (nSPS) is 43.6. The van der Waals surface area contributed by atoms with Gasteiger partial charge in [0, 0.05) is 12.1 Å². The van der Waals surface area contributed by atoms with E-state index in [0.29, 0.717) is 6.54 Å². The van der Waals surface area contributed by atoms with E-state index in [1.165, 1.54) is 12.8 Å². The van der Waals surface area contributed by atoms with E-state index < -0.39 is 6.17 Å². The minimum Gasteiger partial charge on any atom is -0.308 e. The Balaban J connectivity index is 0.000000605. The Morgan fingerprint density at radius 1 is 1.45 bits per heavy atom. The molecule has 0 amide bonds. The SMILES string of the molecule is CC1(C2CC2)CC(F)CN1.Cl. The summed E-state index contributed by atoms with van der Waals surface area (Å²) in [4.78, 5) is 0. The molecule has 0 spiro atoms. The van der Waals surface area contributed by atoms with Gasteiger partial charge in [-0.15, -0.1) is 12.4 Å². The first kappa shape index (κ1) is 9.27. The summed E-state index contributed by atoms with van der Waals surface area (Å²) in [6.45, 7) is 2.73. The molecule has 1 aliphatic heterocycles. The fraction of sp³-hybridized carbons (Fsp3) is 1.00. The van der Waals surface area contributed by atoms with Crippen LogP contribution < -0.4 is 5.32 Å². The third kappa shape index (κ3) is 1.67. The molecule has 11 heavy (non-hydrogen) atoms. The highest BCUT2D eigenvalue weighted by Crippen LogP contribution is 2.44. The number of rotatable bonds is 1. The number of nitrogens with one attached hydrogen (secondary N) is 1. The van der Waals surface area contributed by atoms with Gasteiger partial charge in [0.1, 0.15) is 6.17 Å². The second kappa shape index (κ2) is 2.91. The van der Waals surface area contributed by atoms with Crippen LogP contribution in [-0.4, -0.2) is 18.3 Å². The largest absolute Gasteiger partial charge is 0.308 e. The molecule has 0 aromatic rings. The third-order valence-corrected chi connectivity index (χ3v) is 2.85. The Labute approximate surface area is 73.2 Å². The first-order valence-corrected chi connectivity index (χ1v) is 4.10. The Bertz CT molecular complexity index is 149. The van der Waals surface area contributed by atoms with Crippen LogP contribution in [0.1, 0.15) is 26.2 Å². The molecule has 2 aliphatic rings. The number of halogens is 2. The van der Waals surface area contributed by atoms with E-state index in [0.717, 1.165) is 12.3 Å². The van der Waals surface area contributed by atoms with Gasteiger partial charge in [-0.2, -0.15) is 0 Å². The molecule has 66 valence electrons. The van der Waals surface area contributed by atoms with Crippen LogP contribution in [-0.2, 0) is 0 Å². The highest BCUT2D eigenvalue weighted by molar-refractivity contribution is 5.85. The van der Waals surface area contributed by atoms with Crippen molar-refractivity contribution in [2.75, 3.05) is 6.54 Å². The smallest absolute Gasteiger partial charge is 0.114 e. The standard InChI is InChI=1S/C8H14FN.ClH/c1-8(6-2-3-6)4-7(9)5-10-8;/h6-7,10H,2-5H2,1H3;1H. The molecule has 0 aromatic heterocycles. The minimum atomic E-state index is -0.592. The molecule has 2 atom stereocenters. The molecule has 2 rings (SSSR count). The maximum Gasteiger partial charge on any atom is 0.114 e. The summed E-state index contributed by atoms with van der Waals surface area (Å²) in [5.74, 6) is 0.772. The second-order valence-corrected chi connectivity index (χ2v) is 3.87. The van der Waals surface area contributed by atoms with Crippen LogP contribution in [0.15, 0.2) is 0 Å². The van der Waals surface area contributed by atoms with Crippen LogP contribution in [0.25, 0.3) is 0 Å². The zero-order valence-electron chi connectivity index (χ0n) is 6.77. The molecule has 1 saturated heterocycles. The lowest BCUT2D eigenvalue weighted by atomic mass is 9.94. The van der Waals surface area contributed by atoms with Crippen molar-refractivity contribution < 1.29 is 4.39 Å². The monoisotopic (exact) mass is 179 g/mol. The summed E-state index contributed by atoms with van der Waals surface area (Å²) in [6, 6.07) is 0. The summed E-state index contributed by atoms with van der Waals surface area (Å²) >= 11 is 0. The summed E-state index contributed by atoms with van der Waals surface area (Å²) in [5.41, 5.74) is 0.152. The first-order valence-electron chi connectivity index (χ1n) is 4.10. The average Bonchev–Trinajstić information content (AvgIpc) is 2.62. The highest BCUT2D eigenvalue weighted by Gasteiger charge is 2.46. The van der Waals surface area contributed by atoms with Gasteiger partial charge in [0.2, 0.25) is 0 Å². The lowest BCUT2D eigenvalue weighted by molar-refractivity contribution is 0.309. The molecular weight excluding hydrogens is 165 g/mol. The quantitative estimate of drug-likeness (QED) is 0.649. The summed E-state index contributed by atoms with van der Waals surface area (Å²) < 4.78 is 12.7.